The minimum Gasteiger partial charge on any atom is -0.478 e. The third-order valence-electron chi connectivity index (χ3n) is 4.74. The first-order valence-corrected chi connectivity index (χ1v) is 11.7. The van der Waals surface area contributed by atoms with E-state index in [2.05, 4.69) is 16.1 Å². The van der Waals surface area contributed by atoms with Gasteiger partial charge in [-0.1, -0.05) is 11.6 Å². The van der Waals surface area contributed by atoms with Crippen LogP contribution in [0.3, 0.4) is 0 Å². The van der Waals surface area contributed by atoms with Gasteiger partial charge in [0.15, 0.2) is 0 Å². The van der Waals surface area contributed by atoms with Crippen molar-refractivity contribution in [1.29, 1.82) is 0 Å². The molecule has 0 amide bonds. The highest BCUT2D eigenvalue weighted by Gasteiger charge is 2.19. The number of carboxylic acids is 1. The van der Waals surface area contributed by atoms with E-state index in [1.807, 2.05) is 13.8 Å². The van der Waals surface area contributed by atoms with E-state index in [1.54, 1.807) is 0 Å². The summed E-state index contributed by atoms with van der Waals surface area (Å²) in [7, 11) is -3.76. The number of ether oxygens (including phenoxy) is 1. The lowest BCUT2D eigenvalue weighted by molar-refractivity contribution is 0.0697. The molecule has 29 heavy (non-hydrogen) atoms. The van der Waals surface area contributed by atoms with E-state index in [-0.39, 0.29) is 16.6 Å². The van der Waals surface area contributed by atoms with Crippen LogP contribution < -0.4 is 10.0 Å². The Hall–Kier alpha value is -1.90. The number of hydrogen-bond donors (Lipinski definition) is 3. The Balaban J connectivity index is 1.97. The summed E-state index contributed by atoms with van der Waals surface area (Å²) in [6.45, 7) is 5.32. The van der Waals surface area contributed by atoms with Crippen molar-refractivity contribution in [2.75, 3.05) is 25.0 Å². The molecule has 8 heteroatoms. The highest BCUT2D eigenvalue weighted by molar-refractivity contribution is 7.89. The molecule has 1 aliphatic carbocycles. The van der Waals surface area contributed by atoms with E-state index in [0.717, 1.165) is 19.3 Å². The van der Waals surface area contributed by atoms with E-state index < -0.39 is 16.0 Å². The molecule has 1 aliphatic rings. The van der Waals surface area contributed by atoms with Gasteiger partial charge in [0.25, 0.3) is 0 Å². The molecular weight excluding hydrogens is 392 g/mol. The molecule has 1 aromatic carbocycles. The molecule has 0 saturated carbocycles. The van der Waals surface area contributed by atoms with Gasteiger partial charge in [0.05, 0.1) is 16.6 Å². The van der Waals surface area contributed by atoms with Crippen molar-refractivity contribution in [2.45, 2.75) is 63.4 Å². The molecule has 1 aromatic rings. The van der Waals surface area contributed by atoms with Crippen LogP contribution >= 0.6 is 0 Å². The number of allylic oxidation sites excluding steroid dienone is 1. The van der Waals surface area contributed by atoms with Gasteiger partial charge in [-0.05, 0) is 70.6 Å². The fourth-order valence-electron chi connectivity index (χ4n) is 3.20. The average molecular weight is 425 g/mol. The number of carbonyl (C=O) groups is 1. The number of sulfonamides is 1. The van der Waals surface area contributed by atoms with Crippen molar-refractivity contribution in [3.8, 4) is 0 Å². The molecule has 0 bridgehead atoms. The van der Waals surface area contributed by atoms with Crippen molar-refractivity contribution < 1.29 is 23.1 Å². The first-order valence-electron chi connectivity index (χ1n) is 10.2. The van der Waals surface area contributed by atoms with Crippen LogP contribution in [0.5, 0.6) is 0 Å². The molecule has 2 rings (SSSR count). The van der Waals surface area contributed by atoms with Crippen molar-refractivity contribution in [3.05, 3.63) is 35.4 Å². The number of nitrogens with one attached hydrogen (secondary N) is 2. The maximum atomic E-state index is 12.6. The van der Waals surface area contributed by atoms with E-state index in [4.69, 9.17) is 4.74 Å². The van der Waals surface area contributed by atoms with Gasteiger partial charge in [-0.2, -0.15) is 0 Å². The number of rotatable bonds is 12. The van der Waals surface area contributed by atoms with Gasteiger partial charge >= 0.3 is 5.97 Å². The molecule has 3 N–H and O–H groups in total. The molecular formula is C21H32N2O5S. The summed E-state index contributed by atoms with van der Waals surface area (Å²) in [5.41, 5.74) is 1.62. The third-order valence-corrected chi connectivity index (χ3v) is 6.20. The van der Waals surface area contributed by atoms with Gasteiger partial charge in [0.2, 0.25) is 10.0 Å². The summed E-state index contributed by atoms with van der Waals surface area (Å²) >= 11 is 0. The van der Waals surface area contributed by atoms with Crippen molar-refractivity contribution >= 4 is 21.7 Å². The van der Waals surface area contributed by atoms with Crippen LogP contribution in [-0.4, -0.2) is 45.3 Å². The number of benzene rings is 1. The van der Waals surface area contributed by atoms with Crippen LogP contribution in [-0.2, 0) is 14.8 Å². The Bertz CT molecular complexity index is 818. The van der Waals surface area contributed by atoms with Crippen molar-refractivity contribution in [1.82, 2.24) is 4.72 Å². The summed E-state index contributed by atoms with van der Waals surface area (Å²) in [5, 5.41) is 12.5. The van der Waals surface area contributed by atoms with Crippen molar-refractivity contribution in [3.63, 3.8) is 0 Å². The summed E-state index contributed by atoms with van der Waals surface area (Å²) in [6, 6.07) is 4.14. The lowest BCUT2D eigenvalue weighted by Gasteiger charge is -2.14. The second kappa shape index (κ2) is 11.3. The Morgan fingerprint density at radius 2 is 2.03 bits per heavy atom. The quantitative estimate of drug-likeness (QED) is 0.348. The predicted octanol–water partition coefficient (Wildman–Crippen LogP) is 3.78. The van der Waals surface area contributed by atoms with Gasteiger partial charge < -0.3 is 15.2 Å². The highest BCUT2D eigenvalue weighted by atomic mass is 32.2. The zero-order valence-electron chi connectivity index (χ0n) is 17.2. The lowest BCUT2D eigenvalue weighted by Crippen LogP contribution is -2.25. The standard InChI is InChI=1S/C21H32N2O5S/c1-16(2)28-14-6-12-22-20-10-9-18(15-19(20)21(24)25)29(26,27)23-13-11-17-7-4-3-5-8-17/h7,9-10,15-16,22-23H,3-6,8,11-14H2,1-2H3,(H,24,25). The molecule has 0 fully saturated rings. The van der Waals surface area contributed by atoms with Crippen LogP contribution in [0.4, 0.5) is 5.69 Å². The lowest BCUT2D eigenvalue weighted by atomic mass is 9.97. The van der Waals surface area contributed by atoms with Gasteiger partial charge in [0, 0.05) is 25.4 Å². The fraction of sp³-hybridized carbons (Fsp3) is 0.571. The zero-order chi connectivity index (χ0) is 21.3. The average Bonchev–Trinajstić information content (AvgIpc) is 2.68. The summed E-state index contributed by atoms with van der Waals surface area (Å²) in [6.07, 6.45) is 8.16. The molecule has 0 unspecified atom stereocenters. The summed E-state index contributed by atoms with van der Waals surface area (Å²) in [5.74, 6) is -1.17. The van der Waals surface area contributed by atoms with Crippen LogP contribution in [0.25, 0.3) is 0 Å². The van der Waals surface area contributed by atoms with E-state index >= 15 is 0 Å². The first kappa shape index (κ1) is 23.4. The molecule has 162 valence electrons. The van der Waals surface area contributed by atoms with Gasteiger partial charge in [-0.3, -0.25) is 0 Å². The minimum absolute atomic E-state index is 0.0405. The largest absolute Gasteiger partial charge is 0.478 e. The number of aromatic carboxylic acids is 1. The topological polar surface area (TPSA) is 105 Å². The summed E-state index contributed by atoms with van der Waals surface area (Å²) < 4.78 is 33.2. The van der Waals surface area contributed by atoms with Gasteiger partial charge in [0.1, 0.15) is 0 Å². The normalized spacial score (nSPS) is 14.7. The molecule has 0 aromatic heterocycles. The Morgan fingerprint density at radius 1 is 1.24 bits per heavy atom. The Kier molecular flexibility index (Phi) is 9.13. The zero-order valence-corrected chi connectivity index (χ0v) is 18.1. The van der Waals surface area contributed by atoms with E-state index in [0.29, 0.717) is 38.2 Å². The number of anilines is 1. The first-order chi connectivity index (χ1) is 13.8. The van der Waals surface area contributed by atoms with Crippen LogP contribution in [0, 0.1) is 0 Å². The van der Waals surface area contributed by atoms with Crippen LogP contribution in [0.2, 0.25) is 0 Å². The molecule has 0 radical (unpaired) electrons. The Morgan fingerprint density at radius 3 is 2.69 bits per heavy atom. The predicted molar refractivity (Wildman–Crippen MR) is 114 cm³/mol. The number of hydrogen-bond acceptors (Lipinski definition) is 5. The molecule has 7 nitrogen and oxygen atoms in total. The van der Waals surface area contributed by atoms with Crippen LogP contribution in [0.15, 0.2) is 34.7 Å². The molecule has 0 spiro atoms. The maximum absolute atomic E-state index is 12.6. The minimum atomic E-state index is -3.76. The Labute approximate surface area is 173 Å². The highest BCUT2D eigenvalue weighted by Crippen LogP contribution is 2.22. The second-order valence-electron chi connectivity index (χ2n) is 7.47. The van der Waals surface area contributed by atoms with Crippen molar-refractivity contribution in [2.24, 2.45) is 0 Å². The van der Waals surface area contributed by atoms with E-state index in [1.165, 1.54) is 30.2 Å². The van der Waals surface area contributed by atoms with E-state index in [9.17, 15) is 18.3 Å². The third kappa shape index (κ3) is 7.79. The van der Waals surface area contributed by atoms with Gasteiger partial charge in [-0.15, -0.1) is 0 Å². The fourth-order valence-corrected chi connectivity index (χ4v) is 4.25. The number of carboxylic acid groups (broad SMARTS) is 1. The molecule has 0 saturated heterocycles. The molecule has 0 heterocycles. The van der Waals surface area contributed by atoms with Crippen LogP contribution in [0.1, 0.15) is 62.7 Å². The monoisotopic (exact) mass is 424 g/mol. The SMILES string of the molecule is CC(C)OCCCNc1ccc(S(=O)(=O)NCCC2=CCCCC2)cc1C(=O)O. The second-order valence-corrected chi connectivity index (χ2v) is 9.24. The molecule has 0 aliphatic heterocycles. The maximum Gasteiger partial charge on any atom is 0.337 e. The summed E-state index contributed by atoms with van der Waals surface area (Å²) in [4.78, 5) is 11.6. The smallest absolute Gasteiger partial charge is 0.337 e. The van der Waals surface area contributed by atoms with Gasteiger partial charge in [-0.25, -0.2) is 17.9 Å². The molecule has 0 atom stereocenters.